The van der Waals surface area contributed by atoms with Crippen molar-refractivity contribution in [2.24, 2.45) is 0 Å². The van der Waals surface area contributed by atoms with Crippen LogP contribution in [0.15, 0.2) is 12.1 Å². The van der Waals surface area contributed by atoms with Crippen LogP contribution in [-0.2, 0) is 15.9 Å². The Labute approximate surface area is 114 Å². The number of nitrogens with one attached hydrogen (secondary N) is 1. The molecule has 0 aliphatic rings. The highest BCUT2D eigenvalue weighted by atomic mass is 32.1. The lowest BCUT2D eigenvalue weighted by molar-refractivity contribution is 0.103. The van der Waals surface area contributed by atoms with Gasteiger partial charge in [-0.15, -0.1) is 11.3 Å². The molecule has 1 aromatic heterocycles. The lowest BCUT2D eigenvalue weighted by Gasteiger charge is -2.12. The fourth-order valence-corrected chi connectivity index (χ4v) is 2.77. The van der Waals surface area contributed by atoms with Gasteiger partial charge in [0.2, 0.25) is 0 Å². The number of methoxy groups -OCH3 is 1. The van der Waals surface area contributed by atoms with Gasteiger partial charge in [0.25, 0.3) is 0 Å². The number of hydrogen-bond acceptors (Lipinski definition) is 4. The van der Waals surface area contributed by atoms with Crippen molar-refractivity contribution in [3.8, 4) is 0 Å². The Morgan fingerprint density at radius 1 is 1.28 bits per heavy atom. The first kappa shape index (κ1) is 15.6. The molecule has 1 aromatic rings. The summed E-state index contributed by atoms with van der Waals surface area (Å²) in [7, 11) is 1.72. The molecule has 104 valence electrons. The molecule has 1 N–H and O–H groups in total. The van der Waals surface area contributed by atoms with Crippen molar-refractivity contribution in [1.82, 2.24) is 5.32 Å². The third kappa shape index (κ3) is 7.11. The zero-order valence-electron chi connectivity index (χ0n) is 11.7. The molecular formula is C14H25NO2S. The van der Waals surface area contributed by atoms with Crippen molar-refractivity contribution < 1.29 is 9.47 Å². The Morgan fingerprint density at radius 3 is 2.78 bits per heavy atom. The summed E-state index contributed by atoms with van der Waals surface area (Å²) in [4.78, 5) is 2.84. The van der Waals surface area contributed by atoms with E-state index in [2.05, 4.69) is 31.3 Å². The van der Waals surface area contributed by atoms with Crippen molar-refractivity contribution in [2.45, 2.75) is 32.7 Å². The molecule has 4 heteroatoms. The molecule has 0 aliphatic carbocycles. The molecule has 0 bridgehead atoms. The van der Waals surface area contributed by atoms with E-state index in [9.17, 15) is 0 Å². The summed E-state index contributed by atoms with van der Waals surface area (Å²) in [5.41, 5.74) is 0. The Hall–Kier alpha value is -0.420. The zero-order valence-corrected chi connectivity index (χ0v) is 12.5. The second-order valence-electron chi connectivity index (χ2n) is 4.53. The van der Waals surface area contributed by atoms with Gasteiger partial charge in [0, 0.05) is 42.7 Å². The smallest absolute Gasteiger partial charge is 0.0591 e. The lowest BCUT2D eigenvalue weighted by atomic mass is 10.2. The highest BCUT2D eigenvalue weighted by Crippen LogP contribution is 2.16. The molecule has 0 amide bonds. The second-order valence-corrected chi connectivity index (χ2v) is 5.90. The molecule has 0 spiro atoms. The van der Waals surface area contributed by atoms with Crippen LogP contribution in [0.25, 0.3) is 0 Å². The van der Waals surface area contributed by atoms with Crippen LogP contribution in [0.3, 0.4) is 0 Å². The molecule has 0 saturated carbocycles. The third-order valence-corrected chi connectivity index (χ3v) is 3.70. The minimum Gasteiger partial charge on any atom is -0.385 e. The predicted molar refractivity (Wildman–Crippen MR) is 77.5 cm³/mol. The molecule has 1 unspecified atom stereocenters. The first-order valence-corrected chi connectivity index (χ1v) is 7.39. The summed E-state index contributed by atoms with van der Waals surface area (Å²) in [6, 6.07) is 4.91. The van der Waals surface area contributed by atoms with E-state index >= 15 is 0 Å². The van der Waals surface area contributed by atoms with Crippen LogP contribution in [-0.4, -0.2) is 39.5 Å². The van der Waals surface area contributed by atoms with Gasteiger partial charge < -0.3 is 14.8 Å². The van der Waals surface area contributed by atoms with E-state index in [-0.39, 0.29) is 0 Å². The standard InChI is InChI=1S/C14H25NO2S/c1-12(11-14-6-5-13(2)18-14)15-7-10-17-9-4-8-16-3/h5-6,12,15H,4,7-11H2,1-3H3. The van der Waals surface area contributed by atoms with Gasteiger partial charge in [-0.05, 0) is 38.8 Å². The van der Waals surface area contributed by atoms with Crippen LogP contribution in [0.1, 0.15) is 23.1 Å². The van der Waals surface area contributed by atoms with Gasteiger partial charge in [-0.2, -0.15) is 0 Å². The molecule has 0 saturated heterocycles. The zero-order chi connectivity index (χ0) is 13.2. The fraction of sp³-hybridized carbons (Fsp3) is 0.714. The maximum atomic E-state index is 5.50. The van der Waals surface area contributed by atoms with Crippen LogP contribution < -0.4 is 5.32 Å². The summed E-state index contributed by atoms with van der Waals surface area (Å²) in [5, 5.41) is 3.48. The van der Waals surface area contributed by atoms with Gasteiger partial charge in [-0.25, -0.2) is 0 Å². The summed E-state index contributed by atoms with van der Waals surface area (Å²) in [6.45, 7) is 7.63. The molecule has 3 nitrogen and oxygen atoms in total. The quantitative estimate of drug-likeness (QED) is 0.664. The first-order valence-electron chi connectivity index (χ1n) is 6.57. The summed E-state index contributed by atoms with van der Waals surface area (Å²) in [6.07, 6.45) is 2.07. The van der Waals surface area contributed by atoms with E-state index in [1.807, 2.05) is 11.3 Å². The van der Waals surface area contributed by atoms with E-state index < -0.39 is 0 Å². The van der Waals surface area contributed by atoms with Crippen molar-refractivity contribution in [3.63, 3.8) is 0 Å². The van der Waals surface area contributed by atoms with Crippen LogP contribution >= 0.6 is 11.3 Å². The minimum atomic E-state index is 0.505. The average Bonchev–Trinajstić information content (AvgIpc) is 2.73. The summed E-state index contributed by atoms with van der Waals surface area (Å²) in [5.74, 6) is 0. The Morgan fingerprint density at radius 2 is 2.11 bits per heavy atom. The Bertz CT molecular complexity index is 314. The van der Waals surface area contributed by atoms with Crippen LogP contribution in [0.2, 0.25) is 0 Å². The maximum Gasteiger partial charge on any atom is 0.0591 e. The SMILES string of the molecule is COCCCOCCNC(C)Cc1ccc(C)s1. The third-order valence-electron chi connectivity index (χ3n) is 2.68. The van der Waals surface area contributed by atoms with Gasteiger partial charge in [-0.1, -0.05) is 0 Å². The molecule has 18 heavy (non-hydrogen) atoms. The highest BCUT2D eigenvalue weighted by Gasteiger charge is 2.04. The number of ether oxygens (including phenoxy) is 2. The average molecular weight is 271 g/mol. The van der Waals surface area contributed by atoms with Crippen molar-refractivity contribution in [1.29, 1.82) is 0 Å². The van der Waals surface area contributed by atoms with Gasteiger partial charge in [0.05, 0.1) is 6.61 Å². The summed E-state index contributed by atoms with van der Waals surface area (Å²) < 4.78 is 10.5. The number of rotatable bonds is 10. The van der Waals surface area contributed by atoms with Gasteiger partial charge in [-0.3, -0.25) is 0 Å². The van der Waals surface area contributed by atoms with E-state index in [1.54, 1.807) is 7.11 Å². The van der Waals surface area contributed by atoms with Crippen molar-refractivity contribution >= 4 is 11.3 Å². The fourth-order valence-electron chi connectivity index (χ4n) is 1.75. The Balaban J connectivity index is 1.98. The maximum absolute atomic E-state index is 5.50. The minimum absolute atomic E-state index is 0.505. The summed E-state index contributed by atoms with van der Waals surface area (Å²) >= 11 is 1.88. The molecule has 1 heterocycles. The first-order chi connectivity index (χ1) is 8.72. The molecule has 0 aliphatic heterocycles. The monoisotopic (exact) mass is 271 g/mol. The predicted octanol–water partition coefficient (Wildman–Crippen LogP) is 2.63. The number of hydrogen-bond donors (Lipinski definition) is 1. The molecule has 0 aromatic carbocycles. The largest absolute Gasteiger partial charge is 0.385 e. The second kappa shape index (κ2) is 9.50. The van der Waals surface area contributed by atoms with Crippen LogP contribution in [0.4, 0.5) is 0 Å². The van der Waals surface area contributed by atoms with Crippen molar-refractivity contribution in [2.75, 3.05) is 33.5 Å². The van der Waals surface area contributed by atoms with E-state index in [0.717, 1.165) is 39.2 Å². The van der Waals surface area contributed by atoms with Crippen LogP contribution in [0, 0.1) is 6.92 Å². The van der Waals surface area contributed by atoms with Gasteiger partial charge in [0.15, 0.2) is 0 Å². The molecule has 1 atom stereocenters. The van der Waals surface area contributed by atoms with Gasteiger partial charge in [0.1, 0.15) is 0 Å². The molecule has 0 radical (unpaired) electrons. The normalized spacial score (nSPS) is 12.8. The van der Waals surface area contributed by atoms with Gasteiger partial charge >= 0.3 is 0 Å². The molecular weight excluding hydrogens is 246 g/mol. The lowest BCUT2D eigenvalue weighted by Crippen LogP contribution is -2.31. The topological polar surface area (TPSA) is 30.5 Å². The van der Waals surface area contributed by atoms with E-state index in [1.165, 1.54) is 9.75 Å². The Kier molecular flexibility index (Phi) is 8.25. The van der Waals surface area contributed by atoms with Crippen LogP contribution in [0.5, 0.6) is 0 Å². The van der Waals surface area contributed by atoms with E-state index in [0.29, 0.717) is 6.04 Å². The molecule has 1 rings (SSSR count). The van der Waals surface area contributed by atoms with E-state index in [4.69, 9.17) is 9.47 Å². The highest BCUT2D eigenvalue weighted by molar-refractivity contribution is 7.11. The van der Waals surface area contributed by atoms with Crippen molar-refractivity contribution in [3.05, 3.63) is 21.9 Å². The number of thiophene rings is 1. The molecule has 0 fully saturated rings. The number of aryl methyl sites for hydroxylation is 1.